The molecule has 0 N–H and O–H groups in total. The summed E-state index contributed by atoms with van der Waals surface area (Å²) in [6.07, 6.45) is 1.99. The van der Waals surface area contributed by atoms with Crippen LogP contribution in [0.2, 0.25) is 0 Å². The van der Waals surface area contributed by atoms with Gasteiger partial charge in [0, 0.05) is 16.5 Å². The summed E-state index contributed by atoms with van der Waals surface area (Å²) in [7, 11) is 2.75. The summed E-state index contributed by atoms with van der Waals surface area (Å²) < 4.78 is 4.84. The third-order valence-corrected chi connectivity index (χ3v) is 3.05. The Bertz CT molecular complexity index is 107. The van der Waals surface area contributed by atoms with Crippen LogP contribution < -0.4 is 0 Å². The van der Waals surface area contributed by atoms with Gasteiger partial charge in [0.1, 0.15) is 0 Å². The van der Waals surface area contributed by atoms with Crippen molar-refractivity contribution >= 4 is 26.9 Å². The highest BCUT2D eigenvalue weighted by Crippen LogP contribution is 2.23. The molecule has 0 bridgehead atoms. The Kier molecular flexibility index (Phi) is 8.40. The van der Waals surface area contributed by atoms with Gasteiger partial charge in [-0.2, -0.15) is 0 Å². The quantitative estimate of drug-likeness (QED) is 0.381. The van der Waals surface area contributed by atoms with E-state index in [-0.39, 0.29) is 5.30 Å². The van der Waals surface area contributed by atoms with E-state index in [1.807, 2.05) is 6.92 Å². The molecule has 0 rings (SSSR count). The average molecular weight is 194 g/mol. The molecule has 0 aromatic heterocycles. The van der Waals surface area contributed by atoms with Crippen molar-refractivity contribution in [3.8, 4) is 0 Å². The van der Waals surface area contributed by atoms with Crippen molar-refractivity contribution < 1.29 is 9.53 Å². The number of hydrogen-bond donors (Lipinski definition) is 0. The zero-order valence-electron chi connectivity index (χ0n) is 6.96. The van der Waals surface area contributed by atoms with E-state index in [1.165, 1.54) is 10.8 Å². The van der Waals surface area contributed by atoms with E-state index in [0.29, 0.717) is 6.61 Å². The summed E-state index contributed by atoms with van der Waals surface area (Å²) in [6.45, 7) is 4.61. The Morgan fingerprint density at radius 2 is 2.09 bits per heavy atom. The third-order valence-electron chi connectivity index (χ3n) is 0.838. The molecule has 4 heteroatoms. The molecule has 0 radical (unpaired) electrons. The summed E-state index contributed by atoms with van der Waals surface area (Å²) in [5.74, 6) is 1.01. The Hall–Kier alpha value is 0.170. The Morgan fingerprint density at radius 3 is 2.64 bits per heavy atom. The minimum atomic E-state index is -0.162. The Balaban J connectivity index is 3.09. The lowest BCUT2D eigenvalue weighted by atomic mass is 10.5. The van der Waals surface area contributed by atoms with Crippen LogP contribution in [0, 0.1) is 0 Å². The summed E-state index contributed by atoms with van der Waals surface area (Å²) in [5, 5.41) is -0.162. The fourth-order valence-electron chi connectivity index (χ4n) is 0.383. The highest BCUT2D eigenvalue weighted by molar-refractivity contribution is 8.82. The number of carbonyl (C=O) groups excluding carboxylic acids is 1. The van der Waals surface area contributed by atoms with E-state index in [4.69, 9.17) is 4.74 Å². The lowest BCUT2D eigenvalue weighted by molar-refractivity contribution is 0.175. The first kappa shape index (κ1) is 11.2. The van der Waals surface area contributed by atoms with E-state index in [2.05, 4.69) is 6.92 Å². The third kappa shape index (κ3) is 8.07. The standard InChI is InChI=1S/C7H14O2S2/c1-3-5-9-7(8)11-10-6-4-2/h3-6H2,1-2H3. The van der Waals surface area contributed by atoms with Crippen LogP contribution in [0.1, 0.15) is 26.7 Å². The SMILES string of the molecule is CCCOC(=O)SSCCC. The second-order valence-electron chi connectivity index (χ2n) is 2.00. The molecule has 0 unspecified atom stereocenters. The van der Waals surface area contributed by atoms with Crippen molar-refractivity contribution in [2.75, 3.05) is 12.4 Å². The molecule has 0 aromatic carbocycles. The molecule has 0 saturated carbocycles. The molecule has 0 aromatic rings. The Morgan fingerprint density at radius 1 is 1.36 bits per heavy atom. The van der Waals surface area contributed by atoms with Gasteiger partial charge in [-0.25, -0.2) is 4.79 Å². The molecule has 0 aliphatic heterocycles. The van der Waals surface area contributed by atoms with E-state index in [1.54, 1.807) is 10.8 Å². The van der Waals surface area contributed by atoms with Crippen molar-refractivity contribution in [1.82, 2.24) is 0 Å². The topological polar surface area (TPSA) is 26.3 Å². The van der Waals surface area contributed by atoms with Crippen molar-refractivity contribution in [1.29, 1.82) is 0 Å². The second-order valence-corrected chi connectivity index (χ2v) is 4.35. The van der Waals surface area contributed by atoms with Crippen molar-refractivity contribution in [2.24, 2.45) is 0 Å². The van der Waals surface area contributed by atoms with E-state index in [9.17, 15) is 4.79 Å². The van der Waals surface area contributed by atoms with Crippen molar-refractivity contribution in [2.45, 2.75) is 26.7 Å². The van der Waals surface area contributed by atoms with Crippen LogP contribution in [-0.4, -0.2) is 17.7 Å². The van der Waals surface area contributed by atoms with E-state index < -0.39 is 0 Å². The predicted molar refractivity (Wildman–Crippen MR) is 52.0 cm³/mol. The van der Waals surface area contributed by atoms with Gasteiger partial charge in [0.15, 0.2) is 0 Å². The first-order valence-electron chi connectivity index (χ1n) is 3.77. The monoisotopic (exact) mass is 194 g/mol. The minimum absolute atomic E-state index is 0.162. The average Bonchev–Trinajstić information content (AvgIpc) is 2.01. The van der Waals surface area contributed by atoms with Crippen LogP contribution in [-0.2, 0) is 4.74 Å². The minimum Gasteiger partial charge on any atom is -0.457 e. The summed E-state index contributed by atoms with van der Waals surface area (Å²) in [4.78, 5) is 10.8. The first-order chi connectivity index (χ1) is 5.31. The van der Waals surface area contributed by atoms with Crippen LogP contribution in [0.25, 0.3) is 0 Å². The molecule has 66 valence electrons. The molecule has 2 nitrogen and oxygen atoms in total. The van der Waals surface area contributed by atoms with Crippen LogP contribution in [0.5, 0.6) is 0 Å². The zero-order chi connectivity index (χ0) is 8.53. The van der Waals surface area contributed by atoms with Gasteiger partial charge in [0.25, 0.3) is 0 Å². The van der Waals surface area contributed by atoms with Gasteiger partial charge in [0.05, 0.1) is 6.61 Å². The highest BCUT2D eigenvalue weighted by Gasteiger charge is 2.01. The van der Waals surface area contributed by atoms with Gasteiger partial charge in [0.2, 0.25) is 0 Å². The molecule has 0 saturated heterocycles. The number of carbonyl (C=O) groups is 1. The molecular weight excluding hydrogens is 180 g/mol. The second kappa shape index (κ2) is 8.27. The van der Waals surface area contributed by atoms with Gasteiger partial charge >= 0.3 is 5.30 Å². The molecule has 0 fully saturated rings. The summed E-state index contributed by atoms with van der Waals surface area (Å²) >= 11 is 0. The van der Waals surface area contributed by atoms with Gasteiger partial charge in [-0.05, 0) is 12.8 Å². The summed E-state index contributed by atoms with van der Waals surface area (Å²) in [5.41, 5.74) is 0. The number of rotatable bonds is 5. The molecule has 0 aliphatic carbocycles. The maximum Gasteiger partial charge on any atom is 0.378 e. The molecular formula is C7H14O2S2. The van der Waals surface area contributed by atoms with Crippen LogP contribution in [0.15, 0.2) is 0 Å². The van der Waals surface area contributed by atoms with Gasteiger partial charge in [-0.15, -0.1) is 0 Å². The van der Waals surface area contributed by atoms with Crippen LogP contribution in [0.4, 0.5) is 4.79 Å². The maximum absolute atomic E-state index is 10.8. The van der Waals surface area contributed by atoms with Crippen molar-refractivity contribution in [3.05, 3.63) is 0 Å². The molecule has 0 amide bonds. The van der Waals surface area contributed by atoms with Gasteiger partial charge in [-0.1, -0.05) is 24.6 Å². The van der Waals surface area contributed by atoms with Crippen LogP contribution >= 0.6 is 21.6 Å². The van der Waals surface area contributed by atoms with Gasteiger partial charge < -0.3 is 4.74 Å². The number of hydrogen-bond acceptors (Lipinski definition) is 4. The van der Waals surface area contributed by atoms with Crippen LogP contribution in [0.3, 0.4) is 0 Å². The molecule has 0 heterocycles. The largest absolute Gasteiger partial charge is 0.457 e. The van der Waals surface area contributed by atoms with Crippen molar-refractivity contribution in [3.63, 3.8) is 0 Å². The highest BCUT2D eigenvalue weighted by atomic mass is 33.1. The fraction of sp³-hybridized carbons (Fsp3) is 0.857. The lowest BCUT2D eigenvalue weighted by Gasteiger charge is -1.99. The maximum atomic E-state index is 10.8. The summed E-state index contributed by atoms with van der Waals surface area (Å²) in [6, 6.07) is 0. The zero-order valence-corrected chi connectivity index (χ0v) is 8.59. The van der Waals surface area contributed by atoms with E-state index in [0.717, 1.165) is 18.6 Å². The molecule has 0 spiro atoms. The Labute approximate surface area is 75.9 Å². The number of ether oxygens (including phenoxy) is 1. The molecule has 11 heavy (non-hydrogen) atoms. The fourth-order valence-corrected chi connectivity index (χ4v) is 2.04. The first-order valence-corrected chi connectivity index (χ1v) is 6.09. The van der Waals surface area contributed by atoms with E-state index >= 15 is 0 Å². The predicted octanol–water partition coefficient (Wildman–Crippen LogP) is 3.32. The van der Waals surface area contributed by atoms with Gasteiger partial charge in [-0.3, -0.25) is 0 Å². The molecule has 0 aliphatic rings. The lowest BCUT2D eigenvalue weighted by Crippen LogP contribution is -1.96. The normalized spacial score (nSPS) is 9.64. The smallest absolute Gasteiger partial charge is 0.378 e. The molecule has 0 atom stereocenters.